The zero-order chi connectivity index (χ0) is 13.5. The van der Waals surface area contributed by atoms with Crippen molar-refractivity contribution in [1.29, 1.82) is 0 Å². The average Bonchev–Trinajstić information content (AvgIpc) is 3.23. The first-order valence-electron chi connectivity index (χ1n) is 7.71. The van der Waals surface area contributed by atoms with Gasteiger partial charge < -0.3 is 15.4 Å². The molecular weight excluding hydrogens is 365 g/mol. The van der Waals surface area contributed by atoms with Gasteiger partial charge in [0.2, 0.25) is 0 Å². The first-order chi connectivity index (χ1) is 9.13. The fraction of sp³-hybridized carbons (Fsp3) is 0.933. The predicted molar refractivity (Wildman–Crippen MR) is 92.7 cm³/mol. The number of hydrogen-bond donors (Lipinski definition) is 2. The second kappa shape index (κ2) is 6.38. The number of guanidine groups is 1. The number of halogens is 1. The summed E-state index contributed by atoms with van der Waals surface area (Å²) in [6, 6.07) is 0.489. The van der Waals surface area contributed by atoms with Gasteiger partial charge in [0.05, 0.1) is 6.10 Å². The zero-order valence-corrected chi connectivity index (χ0v) is 15.1. The highest BCUT2D eigenvalue weighted by Gasteiger charge is 2.58. The molecule has 2 N–H and O–H groups in total. The molecule has 3 atom stereocenters. The monoisotopic (exact) mass is 393 g/mol. The lowest BCUT2D eigenvalue weighted by molar-refractivity contribution is -0.188. The third-order valence-electron chi connectivity index (χ3n) is 5.10. The SMILES string of the molecule is CN=C(NCC1CC1)NC1C2CCCOC2C1(C)C.I. The van der Waals surface area contributed by atoms with Gasteiger partial charge in [0.1, 0.15) is 0 Å². The quantitative estimate of drug-likeness (QED) is 0.440. The molecule has 1 saturated heterocycles. The third-order valence-corrected chi connectivity index (χ3v) is 5.10. The van der Waals surface area contributed by atoms with Crippen LogP contribution >= 0.6 is 24.0 Å². The van der Waals surface area contributed by atoms with Gasteiger partial charge in [-0.2, -0.15) is 0 Å². The molecule has 3 unspecified atom stereocenters. The summed E-state index contributed by atoms with van der Waals surface area (Å²) in [5.74, 6) is 2.50. The lowest BCUT2D eigenvalue weighted by atomic mass is 9.55. The van der Waals surface area contributed by atoms with E-state index in [1.54, 1.807) is 0 Å². The molecule has 0 radical (unpaired) electrons. The Morgan fingerprint density at radius 1 is 1.30 bits per heavy atom. The first kappa shape index (κ1) is 16.3. The van der Waals surface area contributed by atoms with Gasteiger partial charge in [0.15, 0.2) is 5.96 Å². The Hall–Kier alpha value is -0.0400. The summed E-state index contributed by atoms with van der Waals surface area (Å²) in [4.78, 5) is 4.37. The molecule has 1 aliphatic heterocycles. The molecule has 2 aliphatic carbocycles. The molecule has 4 nitrogen and oxygen atoms in total. The number of nitrogens with one attached hydrogen (secondary N) is 2. The highest BCUT2D eigenvalue weighted by molar-refractivity contribution is 14.0. The van der Waals surface area contributed by atoms with Gasteiger partial charge in [0.25, 0.3) is 0 Å². The van der Waals surface area contributed by atoms with E-state index < -0.39 is 0 Å². The molecule has 20 heavy (non-hydrogen) atoms. The molecule has 1 heterocycles. The Morgan fingerprint density at radius 3 is 2.70 bits per heavy atom. The second-order valence-electron chi connectivity index (χ2n) is 6.94. The van der Waals surface area contributed by atoms with Crippen molar-refractivity contribution < 1.29 is 4.74 Å². The van der Waals surface area contributed by atoms with E-state index in [1.807, 2.05) is 7.05 Å². The van der Waals surface area contributed by atoms with Gasteiger partial charge in [0, 0.05) is 37.6 Å². The number of hydrogen-bond acceptors (Lipinski definition) is 2. The van der Waals surface area contributed by atoms with Crippen LogP contribution in [0.4, 0.5) is 0 Å². The number of aliphatic imine (C=N–C) groups is 1. The summed E-state index contributed by atoms with van der Waals surface area (Å²) in [5.41, 5.74) is 0.211. The van der Waals surface area contributed by atoms with Crippen LogP contribution in [0.3, 0.4) is 0 Å². The molecule has 2 saturated carbocycles. The van der Waals surface area contributed by atoms with Crippen molar-refractivity contribution >= 4 is 29.9 Å². The van der Waals surface area contributed by atoms with Crippen molar-refractivity contribution in [3.05, 3.63) is 0 Å². The fourth-order valence-corrected chi connectivity index (χ4v) is 3.72. The lowest BCUT2D eigenvalue weighted by Gasteiger charge is -2.60. The van der Waals surface area contributed by atoms with Crippen LogP contribution in [0.25, 0.3) is 0 Å². The van der Waals surface area contributed by atoms with Gasteiger partial charge in [-0.1, -0.05) is 13.8 Å². The number of fused-ring (bicyclic) bond motifs is 1. The minimum absolute atomic E-state index is 0. The van der Waals surface area contributed by atoms with Crippen molar-refractivity contribution in [2.24, 2.45) is 22.2 Å². The van der Waals surface area contributed by atoms with E-state index in [1.165, 1.54) is 25.7 Å². The topological polar surface area (TPSA) is 45.7 Å². The van der Waals surface area contributed by atoms with E-state index >= 15 is 0 Å². The molecule has 0 aromatic rings. The Labute approximate surface area is 139 Å². The van der Waals surface area contributed by atoms with E-state index in [0.717, 1.165) is 25.0 Å². The Balaban J connectivity index is 0.00000147. The van der Waals surface area contributed by atoms with E-state index in [2.05, 4.69) is 29.5 Å². The van der Waals surface area contributed by atoms with Crippen LogP contribution in [0.2, 0.25) is 0 Å². The first-order valence-corrected chi connectivity index (χ1v) is 7.71. The second-order valence-corrected chi connectivity index (χ2v) is 6.94. The van der Waals surface area contributed by atoms with E-state index in [4.69, 9.17) is 4.74 Å². The minimum Gasteiger partial charge on any atom is -0.377 e. The van der Waals surface area contributed by atoms with Gasteiger partial charge in [-0.05, 0) is 31.6 Å². The number of nitrogens with zero attached hydrogens (tertiary/aromatic N) is 1. The largest absolute Gasteiger partial charge is 0.377 e. The molecule has 3 aliphatic rings. The Morgan fingerprint density at radius 2 is 2.05 bits per heavy atom. The van der Waals surface area contributed by atoms with Crippen LogP contribution in [-0.4, -0.2) is 38.3 Å². The van der Waals surface area contributed by atoms with Crippen molar-refractivity contribution in [1.82, 2.24) is 10.6 Å². The average molecular weight is 393 g/mol. The summed E-state index contributed by atoms with van der Waals surface area (Å²) in [7, 11) is 1.86. The van der Waals surface area contributed by atoms with Crippen LogP contribution in [-0.2, 0) is 4.74 Å². The van der Waals surface area contributed by atoms with Crippen LogP contribution in [0, 0.1) is 17.3 Å². The lowest BCUT2D eigenvalue weighted by Crippen LogP contribution is -2.71. The molecule has 3 fully saturated rings. The molecule has 0 amide bonds. The molecule has 116 valence electrons. The Kier molecular flexibility index (Phi) is 5.21. The van der Waals surface area contributed by atoms with Gasteiger partial charge in [-0.25, -0.2) is 0 Å². The molecule has 5 heteroatoms. The summed E-state index contributed by atoms with van der Waals surface area (Å²) in [6.07, 6.45) is 5.66. The van der Waals surface area contributed by atoms with E-state index in [-0.39, 0.29) is 29.4 Å². The molecule has 0 spiro atoms. The smallest absolute Gasteiger partial charge is 0.191 e. The zero-order valence-electron chi connectivity index (χ0n) is 12.8. The molecular formula is C15H28IN3O. The van der Waals surface area contributed by atoms with E-state index in [9.17, 15) is 0 Å². The van der Waals surface area contributed by atoms with E-state index in [0.29, 0.717) is 18.1 Å². The van der Waals surface area contributed by atoms with Gasteiger partial charge in [-0.3, -0.25) is 4.99 Å². The summed E-state index contributed by atoms with van der Waals surface area (Å²) in [6.45, 7) is 6.63. The minimum atomic E-state index is 0. The maximum absolute atomic E-state index is 5.95. The van der Waals surface area contributed by atoms with Gasteiger partial charge >= 0.3 is 0 Å². The number of ether oxygens (including phenoxy) is 1. The van der Waals surface area contributed by atoms with Crippen LogP contribution < -0.4 is 10.6 Å². The third kappa shape index (κ3) is 3.08. The van der Waals surface area contributed by atoms with Crippen molar-refractivity contribution in [2.75, 3.05) is 20.2 Å². The van der Waals surface area contributed by atoms with Crippen molar-refractivity contribution in [2.45, 2.75) is 51.7 Å². The maximum Gasteiger partial charge on any atom is 0.191 e. The summed E-state index contributed by atoms with van der Waals surface area (Å²) in [5, 5.41) is 7.10. The molecule has 0 bridgehead atoms. The molecule has 0 aromatic heterocycles. The highest BCUT2D eigenvalue weighted by atomic mass is 127. The van der Waals surface area contributed by atoms with Crippen LogP contribution in [0.5, 0.6) is 0 Å². The Bertz CT molecular complexity index is 368. The highest BCUT2D eigenvalue weighted by Crippen LogP contribution is 2.51. The standard InChI is InChI=1S/C15H27N3O.HI/c1-15(2)12(11-5-4-8-19-13(11)15)18-14(16-3)17-9-10-6-7-10;/h10-13H,4-9H2,1-3H3,(H2,16,17,18);1H. The normalized spacial score (nSPS) is 35.4. The maximum atomic E-state index is 5.95. The molecule has 0 aromatic carbocycles. The van der Waals surface area contributed by atoms with Crippen LogP contribution in [0.1, 0.15) is 39.5 Å². The summed E-state index contributed by atoms with van der Waals surface area (Å²) < 4.78 is 5.95. The fourth-order valence-electron chi connectivity index (χ4n) is 3.72. The van der Waals surface area contributed by atoms with Crippen molar-refractivity contribution in [3.63, 3.8) is 0 Å². The number of rotatable bonds is 3. The predicted octanol–water partition coefficient (Wildman–Crippen LogP) is 2.38. The van der Waals surface area contributed by atoms with Crippen LogP contribution in [0.15, 0.2) is 4.99 Å². The summed E-state index contributed by atoms with van der Waals surface area (Å²) >= 11 is 0. The van der Waals surface area contributed by atoms with Crippen molar-refractivity contribution in [3.8, 4) is 0 Å². The molecule has 3 rings (SSSR count). The van der Waals surface area contributed by atoms with Gasteiger partial charge in [-0.15, -0.1) is 24.0 Å².